The number of nitrogens with zero attached hydrogens (tertiary/aromatic N) is 2. The first-order valence-electron chi connectivity index (χ1n) is 16.5. The van der Waals surface area contributed by atoms with Crippen LogP contribution in [-0.4, -0.2) is 25.8 Å². The highest BCUT2D eigenvalue weighted by Gasteiger charge is 2.16. The number of rotatable bonds is 12. The van der Waals surface area contributed by atoms with Gasteiger partial charge in [-0.05, 0) is 103 Å². The van der Waals surface area contributed by atoms with E-state index in [1.54, 1.807) is 12.1 Å². The lowest BCUT2D eigenvalue weighted by Gasteiger charge is -2.26. The Morgan fingerprint density at radius 3 is 1.54 bits per heavy atom. The van der Waals surface area contributed by atoms with Crippen LogP contribution in [0.2, 0.25) is 0 Å². The number of anilines is 6. The van der Waals surface area contributed by atoms with Crippen molar-refractivity contribution >= 4 is 46.2 Å². The second-order valence-corrected chi connectivity index (χ2v) is 11.7. The fourth-order valence-corrected chi connectivity index (χ4v) is 5.71. The summed E-state index contributed by atoms with van der Waals surface area (Å²) in [5.74, 6) is -0.0148. The monoisotopic (exact) mass is 662 g/mol. The van der Waals surface area contributed by atoms with Crippen LogP contribution in [0.15, 0.2) is 158 Å². The number of para-hydroxylation sites is 2. The zero-order valence-electron chi connectivity index (χ0n) is 28.1. The van der Waals surface area contributed by atoms with Gasteiger partial charge >= 0.3 is 12.1 Å². The molecule has 250 valence electrons. The lowest BCUT2D eigenvalue weighted by molar-refractivity contribution is -0.140. The van der Waals surface area contributed by atoms with Crippen LogP contribution in [-0.2, 0) is 14.3 Å². The average molecular weight is 663 g/mol. The van der Waals surface area contributed by atoms with E-state index in [9.17, 15) is 9.59 Å². The van der Waals surface area contributed by atoms with Gasteiger partial charge in [-0.25, -0.2) is 4.79 Å². The van der Waals surface area contributed by atoms with E-state index < -0.39 is 6.16 Å². The van der Waals surface area contributed by atoms with Gasteiger partial charge in [0.25, 0.3) is 0 Å². The Hall–Kier alpha value is -6.34. The van der Waals surface area contributed by atoms with Crippen molar-refractivity contribution in [3.05, 3.63) is 163 Å². The molecule has 0 spiro atoms. The summed E-state index contributed by atoms with van der Waals surface area (Å²) in [6.07, 6.45) is -0.320. The molecule has 6 aromatic rings. The van der Waals surface area contributed by atoms with Crippen LogP contribution in [0, 0.1) is 6.92 Å². The van der Waals surface area contributed by atoms with Gasteiger partial charge in [0.2, 0.25) is 0 Å². The minimum atomic E-state index is -0.834. The van der Waals surface area contributed by atoms with E-state index >= 15 is 0 Å². The van der Waals surface area contributed by atoms with Crippen molar-refractivity contribution in [1.29, 1.82) is 0 Å². The van der Waals surface area contributed by atoms with Gasteiger partial charge in [-0.2, -0.15) is 0 Å². The van der Waals surface area contributed by atoms with E-state index in [0.29, 0.717) is 12.2 Å². The zero-order chi connectivity index (χ0) is 34.7. The Morgan fingerprint density at radius 2 is 1.02 bits per heavy atom. The normalized spacial score (nSPS) is 10.6. The summed E-state index contributed by atoms with van der Waals surface area (Å²) in [7, 11) is 1.32. The standard InChI is InChI=1S/C43H38N2O5/c1-32-12-9-17-39(30-32)44(35-13-5-3-6-14-35)37-25-21-33(22-26-37)34-23-27-38(28-24-34)45(36-15-7-4-8-16-36)40-18-10-19-41(31-40)50-43(47)49-29-11-20-42(46)48-2/h3-10,12-19,21-28,30-31H,11,20,29H2,1-2H3. The molecule has 0 atom stereocenters. The first-order valence-corrected chi connectivity index (χ1v) is 16.5. The van der Waals surface area contributed by atoms with Crippen LogP contribution >= 0.6 is 0 Å². The Bertz CT molecular complexity index is 2010. The fourth-order valence-electron chi connectivity index (χ4n) is 5.71. The maximum atomic E-state index is 12.4. The van der Waals surface area contributed by atoms with Crippen LogP contribution in [0.25, 0.3) is 11.1 Å². The number of esters is 1. The minimum absolute atomic E-state index is 0.0524. The van der Waals surface area contributed by atoms with Crippen molar-refractivity contribution in [3.63, 3.8) is 0 Å². The van der Waals surface area contributed by atoms with Gasteiger partial charge in [-0.1, -0.05) is 78.9 Å². The van der Waals surface area contributed by atoms with Crippen molar-refractivity contribution in [2.45, 2.75) is 19.8 Å². The van der Waals surface area contributed by atoms with Crippen molar-refractivity contribution in [3.8, 4) is 16.9 Å². The lowest BCUT2D eigenvalue weighted by atomic mass is 10.0. The molecular formula is C43H38N2O5. The molecule has 0 aliphatic carbocycles. The van der Waals surface area contributed by atoms with E-state index in [1.807, 2.05) is 48.5 Å². The highest BCUT2D eigenvalue weighted by atomic mass is 16.7. The first-order chi connectivity index (χ1) is 24.5. The van der Waals surface area contributed by atoms with E-state index in [1.165, 1.54) is 12.7 Å². The number of carbonyl (C=O) groups excluding carboxylic acids is 2. The number of carbonyl (C=O) groups is 2. The van der Waals surface area contributed by atoms with E-state index in [-0.39, 0.29) is 19.0 Å². The van der Waals surface area contributed by atoms with Gasteiger partial charge in [-0.3, -0.25) is 4.79 Å². The maximum Gasteiger partial charge on any atom is 0.513 e. The molecule has 0 saturated heterocycles. The van der Waals surface area contributed by atoms with Gasteiger partial charge in [0.1, 0.15) is 5.75 Å². The largest absolute Gasteiger partial charge is 0.513 e. The maximum absolute atomic E-state index is 12.4. The third-order valence-corrected chi connectivity index (χ3v) is 8.12. The predicted octanol–water partition coefficient (Wildman–Crippen LogP) is 11.1. The van der Waals surface area contributed by atoms with Gasteiger partial charge in [0, 0.05) is 46.6 Å². The van der Waals surface area contributed by atoms with Gasteiger partial charge < -0.3 is 24.0 Å². The second kappa shape index (κ2) is 16.2. The fraction of sp³-hybridized carbons (Fsp3) is 0.116. The van der Waals surface area contributed by atoms with Crippen molar-refractivity contribution in [2.75, 3.05) is 23.5 Å². The molecule has 0 unspecified atom stereocenters. The SMILES string of the molecule is COC(=O)CCCOC(=O)Oc1cccc(N(c2ccccc2)c2ccc(-c3ccc(N(c4ccccc4)c4cccc(C)c4)cc3)cc2)c1. The van der Waals surface area contributed by atoms with Gasteiger partial charge in [-0.15, -0.1) is 0 Å². The molecule has 0 heterocycles. The van der Waals surface area contributed by atoms with Crippen molar-refractivity contribution < 1.29 is 23.8 Å². The number of hydrogen-bond acceptors (Lipinski definition) is 7. The smallest absolute Gasteiger partial charge is 0.469 e. The molecule has 0 N–H and O–H groups in total. The number of methoxy groups -OCH3 is 1. The van der Waals surface area contributed by atoms with Crippen molar-refractivity contribution in [2.24, 2.45) is 0 Å². The van der Waals surface area contributed by atoms with Crippen LogP contribution < -0.4 is 14.5 Å². The molecule has 0 saturated carbocycles. The third kappa shape index (κ3) is 8.38. The predicted molar refractivity (Wildman–Crippen MR) is 199 cm³/mol. The molecule has 6 rings (SSSR count). The van der Waals surface area contributed by atoms with E-state index in [2.05, 4.69) is 119 Å². The molecule has 0 fully saturated rings. The molecular weight excluding hydrogens is 624 g/mol. The molecule has 0 aliphatic heterocycles. The molecule has 0 aliphatic rings. The number of aryl methyl sites for hydroxylation is 1. The van der Waals surface area contributed by atoms with Crippen molar-refractivity contribution in [1.82, 2.24) is 0 Å². The molecule has 0 amide bonds. The first kappa shape index (κ1) is 33.6. The zero-order valence-corrected chi connectivity index (χ0v) is 28.1. The molecule has 7 nitrogen and oxygen atoms in total. The Kier molecular flexibility index (Phi) is 10.9. The highest BCUT2D eigenvalue weighted by molar-refractivity contribution is 5.81. The minimum Gasteiger partial charge on any atom is -0.469 e. The summed E-state index contributed by atoms with van der Waals surface area (Å²) in [6, 6.07) is 53.2. The number of ether oxygens (including phenoxy) is 3. The Labute approximate surface area is 292 Å². The third-order valence-electron chi connectivity index (χ3n) is 8.12. The van der Waals surface area contributed by atoms with Crippen LogP contribution in [0.3, 0.4) is 0 Å². The summed E-state index contributed by atoms with van der Waals surface area (Å²) in [5.41, 5.74) is 9.36. The second-order valence-electron chi connectivity index (χ2n) is 11.7. The molecule has 6 aromatic carbocycles. The van der Waals surface area contributed by atoms with Gasteiger partial charge in [0.15, 0.2) is 0 Å². The summed E-state index contributed by atoms with van der Waals surface area (Å²) in [4.78, 5) is 28.0. The molecule has 0 radical (unpaired) electrons. The molecule has 50 heavy (non-hydrogen) atoms. The Morgan fingerprint density at radius 1 is 0.540 bits per heavy atom. The summed E-state index contributed by atoms with van der Waals surface area (Å²) in [6.45, 7) is 2.16. The number of benzene rings is 6. The number of hydrogen-bond donors (Lipinski definition) is 0. The average Bonchev–Trinajstić information content (AvgIpc) is 3.15. The van der Waals surface area contributed by atoms with E-state index in [4.69, 9.17) is 9.47 Å². The Balaban J connectivity index is 1.22. The molecule has 7 heteroatoms. The van der Waals surface area contributed by atoms with Crippen LogP contribution in [0.1, 0.15) is 18.4 Å². The summed E-state index contributed by atoms with van der Waals surface area (Å²) < 4.78 is 15.2. The topological polar surface area (TPSA) is 68.3 Å². The van der Waals surface area contributed by atoms with Gasteiger partial charge in [0.05, 0.1) is 13.7 Å². The quantitative estimate of drug-likeness (QED) is 0.0734. The molecule has 0 bridgehead atoms. The van der Waals surface area contributed by atoms with E-state index in [0.717, 1.165) is 45.3 Å². The summed E-state index contributed by atoms with van der Waals surface area (Å²) >= 11 is 0. The van der Waals surface area contributed by atoms with Crippen LogP contribution in [0.5, 0.6) is 5.75 Å². The molecule has 0 aromatic heterocycles. The van der Waals surface area contributed by atoms with Crippen LogP contribution in [0.4, 0.5) is 38.9 Å². The summed E-state index contributed by atoms with van der Waals surface area (Å²) in [5, 5.41) is 0. The highest BCUT2D eigenvalue weighted by Crippen LogP contribution is 2.38. The lowest BCUT2D eigenvalue weighted by Crippen LogP contribution is -2.13.